The van der Waals surface area contributed by atoms with Crippen molar-refractivity contribution >= 4 is 0 Å². The summed E-state index contributed by atoms with van der Waals surface area (Å²) in [7, 11) is 4.45. The minimum absolute atomic E-state index is 0.322. The first-order chi connectivity index (χ1) is 9.51. The topological polar surface area (TPSA) is 32.5 Å². The SMILES string of the molecule is Cc1cc(C)cc(C(CN)N(C)CC2CCCN2C)c1. The van der Waals surface area contributed by atoms with Crippen LogP contribution in [0.25, 0.3) is 0 Å². The molecule has 0 amide bonds. The van der Waals surface area contributed by atoms with Crippen molar-refractivity contribution in [3.8, 4) is 0 Å². The summed E-state index contributed by atoms with van der Waals surface area (Å²) in [5, 5.41) is 0. The van der Waals surface area contributed by atoms with Gasteiger partial charge in [0.05, 0.1) is 0 Å². The molecule has 1 heterocycles. The monoisotopic (exact) mass is 275 g/mol. The summed E-state index contributed by atoms with van der Waals surface area (Å²) >= 11 is 0. The number of rotatable bonds is 5. The third kappa shape index (κ3) is 3.60. The van der Waals surface area contributed by atoms with E-state index in [4.69, 9.17) is 5.73 Å². The van der Waals surface area contributed by atoms with Gasteiger partial charge in [0.1, 0.15) is 0 Å². The highest BCUT2D eigenvalue weighted by atomic mass is 15.2. The summed E-state index contributed by atoms with van der Waals surface area (Å²) in [5.41, 5.74) is 10.1. The van der Waals surface area contributed by atoms with Gasteiger partial charge in [0.2, 0.25) is 0 Å². The Bertz CT molecular complexity index is 424. The van der Waals surface area contributed by atoms with Crippen LogP contribution >= 0.6 is 0 Å². The van der Waals surface area contributed by atoms with Crippen LogP contribution < -0.4 is 5.73 Å². The second kappa shape index (κ2) is 6.70. The zero-order valence-electron chi connectivity index (χ0n) is 13.4. The third-order valence-electron chi connectivity index (χ3n) is 4.55. The molecular formula is C17H29N3. The van der Waals surface area contributed by atoms with Gasteiger partial charge in [-0.05, 0) is 52.9 Å². The van der Waals surface area contributed by atoms with Crippen LogP contribution in [0.5, 0.6) is 0 Å². The van der Waals surface area contributed by atoms with Crippen molar-refractivity contribution in [1.82, 2.24) is 9.80 Å². The molecule has 1 aromatic carbocycles. The maximum atomic E-state index is 6.06. The van der Waals surface area contributed by atoms with Gasteiger partial charge in [-0.2, -0.15) is 0 Å². The molecule has 2 unspecified atom stereocenters. The zero-order chi connectivity index (χ0) is 14.7. The molecule has 1 aliphatic rings. The Morgan fingerprint density at radius 1 is 1.30 bits per heavy atom. The maximum Gasteiger partial charge on any atom is 0.0468 e. The first-order valence-corrected chi connectivity index (χ1v) is 7.70. The number of hydrogen-bond acceptors (Lipinski definition) is 3. The van der Waals surface area contributed by atoms with Gasteiger partial charge >= 0.3 is 0 Å². The smallest absolute Gasteiger partial charge is 0.0468 e. The van der Waals surface area contributed by atoms with Crippen LogP contribution in [0.15, 0.2) is 18.2 Å². The number of nitrogens with zero attached hydrogens (tertiary/aromatic N) is 2. The molecule has 1 saturated heterocycles. The van der Waals surface area contributed by atoms with Crippen LogP contribution in [0.1, 0.15) is 35.6 Å². The quantitative estimate of drug-likeness (QED) is 0.895. The van der Waals surface area contributed by atoms with Crippen LogP contribution in [-0.2, 0) is 0 Å². The summed E-state index contributed by atoms with van der Waals surface area (Å²) < 4.78 is 0. The molecule has 3 nitrogen and oxygen atoms in total. The summed E-state index contributed by atoms with van der Waals surface area (Å²) in [5.74, 6) is 0. The lowest BCUT2D eigenvalue weighted by atomic mass is 10.00. The lowest BCUT2D eigenvalue weighted by Crippen LogP contribution is -2.40. The van der Waals surface area contributed by atoms with Crippen LogP contribution in [0, 0.1) is 13.8 Å². The van der Waals surface area contributed by atoms with Gasteiger partial charge in [0, 0.05) is 25.2 Å². The van der Waals surface area contributed by atoms with E-state index in [9.17, 15) is 0 Å². The van der Waals surface area contributed by atoms with E-state index in [1.165, 1.54) is 36.1 Å². The second-order valence-corrected chi connectivity index (χ2v) is 6.39. The summed E-state index contributed by atoms with van der Waals surface area (Å²) in [4.78, 5) is 4.91. The molecule has 1 aromatic rings. The molecule has 2 rings (SSSR count). The van der Waals surface area contributed by atoms with E-state index in [-0.39, 0.29) is 0 Å². The Kier molecular flexibility index (Phi) is 5.19. The fourth-order valence-corrected chi connectivity index (χ4v) is 3.44. The first kappa shape index (κ1) is 15.5. The van der Waals surface area contributed by atoms with Gasteiger partial charge in [0.15, 0.2) is 0 Å². The molecule has 0 aliphatic carbocycles. The predicted octanol–water partition coefficient (Wildman–Crippen LogP) is 2.33. The molecule has 0 aromatic heterocycles. The van der Waals surface area contributed by atoms with Crippen molar-refractivity contribution in [3.63, 3.8) is 0 Å². The van der Waals surface area contributed by atoms with Crippen LogP contribution in [-0.4, -0.2) is 49.6 Å². The van der Waals surface area contributed by atoms with E-state index in [1.54, 1.807) is 0 Å². The molecule has 0 spiro atoms. The minimum atomic E-state index is 0.322. The van der Waals surface area contributed by atoms with Crippen molar-refractivity contribution in [2.24, 2.45) is 5.73 Å². The van der Waals surface area contributed by atoms with Crippen molar-refractivity contribution in [3.05, 3.63) is 34.9 Å². The molecule has 2 atom stereocenters. The standard InChI is InChI=1S/C17H29N3/c1-13-8-14(2)10-15(9-13)17(11-18)20(4)12-16-6-5-7-19(16)3/h8-10,16-17H,5-7,11-12,18H2,1-4H3. The molecule has 0 radical (unpaired) electrons. The van der Waals surface area contributed by atoms with E-state index < -0.39 is 0 Å². The van der Waals surface area contributed by atoms with E-state index >= 15 is 0 Å². The Hall–Kier alpha value is -0.900. The Labute approximate surface area is 123 Å². The van der Waals surface area contributed by atoms with Crippen molar-refractivity contribution in [1.29, 1.82) is 0 Å². The third-order valence-corrected chi connectivity index (χ3v) is 4.55. The van der Waals surface area contributed by atoms with Gasteiger partial charge in [-0.15, -0.1) is 0 Å². The molecule has 2 N–H and O–H groups in total. The number of nitrogens with two attached hydrogens (primary N) is 1. The Morgan fingerprint density at radius 3 is 2.45 bits per heavy atom. The minimum Gasteiger partial charge on any atom is -0.329 e. The van der Waals surface area contributed by atoms with E-state index in [0.29, 0.717) is 18.6 Å². The van der Waals surface area contributed by atoms with Gasteiger partial charge in [0.25, 0.3) is 0 Å². The van der Waals surface area contributed by atoms with Crippen LogP contribution in [0.2, 0.25) is 0 Å². The summed E-state index contributed by atoms with van der Waals surface area (Å²) in [6.45, 7) is 7.33. The fourth-order valence-electron chi connectivity index (χ4n) is 3.44. The average molecular weight is 275 g/mol. The lowest BCUT2D eigenvalue weighted by Gasteiger charge is -2.32. The maximum absolute atomic E-state index is 6.06. The molecule has 0 bridgehead atoms. The highest BCUT2D eigenvalue weighted by Crippen LogP contribution is 2.24. The van der Waals surface area contributed by atoms with E-state index in [1.807, 2.05) is 0 Å². The Balaban J connectivity index is 2.10. The van der Waals surface area contributed by atoms with E-state index in [0.717, 1.165) is 6.54 Å². The van der Waals surface area contributed by atoms with Crippen molar-refractivity contribution in [2.75, 3.05) is 33.7 Å². The fraction of sp³-hybridized carbons (Fsp3) is 0.647. The number of benzene rings is 1. The van der Waals surface area contributed by atoms with Crippen LogP contribution in [0.3, 0.4) is 0 Å². The molecule has 0 saturated carbocycles. The molecule has 3 heteroatoms. The molecular weight excluding hydrogens is 246 g/mol. The van der Waals surface area contributed by atoms with Gasteiger partial charge in [-0.1, -0.05) is 29.3 Å². The van der Waals surface area contributed by atoms with Crippen molar-refractivity contribution < 1.29 is 0 Å². The first-order valence-electron chi connectivity index (χ1n) is 7.70. The highest BCUT2D eigenvalue weighted by molar-refractivity contribution is 5.31. The molecule has 1 fully saturated rings. The highest BCUT2D eigenvalue weighted by Gasteiger charge is 2.25. The molecule has 20 heavy (non-hydrogen) atoms. The van der Waals surface area contributed by atoms with Gasteiger partial charge in [-0.3, -0.25) is 4.90 Å². The van der Waals surface area contributed by atoms with Gasteiger partial charge < -0.3 is 10.6 Å². The lowest BCUT2D eigenvalue weighted by molar-refractivity contribution is 0.179. The number of hydrogen-bond donors (Lipinski definition) is 1. The van der Waals surface area contributed by atoms with E-state index in [2.05, 4.69) is 55.9 Å². The largest absolute Gasteiger partial charge is 0.329 e. The summed E-state index contributed by atoms with van der Waals surface area (Å²) in [6.07, 6.45) is 2.64. The normalized spacial score (nSPS) is 21.6. The Morgan fingerprint density at radius 2 is 1.95 bits per heavy atom. The number of aryl methyl sites for hydroxylation is 2. The number of likely N-dealkylation sites (N-methyl/N-ethyl adjacent to an activating group) is 2. The number of likely N-dealkylation sites (tertiary alicyclic amines) is 1. The predicted molar refractivity (Wildman–Crippen MR) is 86.0 cm³/mol. The van der Waals surface area contributed by atoms with Crippen molar-refractivity contribution in [2.45, 2.75) is 38.8 Å². The zero-order valence-corrected chi connectivity index (χ0v) is 13.4. The molecule has 112 valence electrons. The van der Waals surface area contributed by atoms with Gasteiger partial charge in [-0.25, -0.2) is 0 Å². The molecule has 1 aliphatic heterocycles. The average Bonchev–Trinajstić information content (AvgIpc) is 2.74. The summed E-state index contributed by atoms with van der Waals surface area (Å²) in [6, 6.07) is 7.78. The second-order valence-electron chi connectivity index (χ2n) is 6.39. The van der Waals surface area contributed by atoms with Crippen LogP contribution in [0.4, 0.5) is 0 Å².